The third-order valence-electron chi connectivity index (χ3n) is 3.57. The van der Waals surface area contributed by atoms with E-state index in [9.17, 15) is 4.79 Å². The Morgan fingerprint density at radius 2 is 1.80 bits per heavy atom. The predicted octanol–water partition coefficient (Wildman–Crippen LogP) is 3.60. The number of carbonyl (C=O) groups is 1. The monoisotopic (exact) mass is 337 g/mol. The molecule has 0 bridgehead atoms. The van der Waals surface area contributed by atoms with Crippen molar-refractivity contribution in [3.63, 3.8) is 0 Å². The normalized spacial score (nSPS) is 10.5. The lowest BCUT2D eigenvalue weighted by Gasteiger charge is -2.10. The highest BCUT2D eigenvalue weighted by Gasteiger charge is 2.23. The van der Waals surface area contributed by atoms with Gasteiger partial charge >= 0.3 is 5.97 Å². The molecule has 0 atom stereocenters. The van der Waals surface area contributed by atoms with Crippen LogP contribution in [0.15, 0.2) is 54.6 Å². The molecule has 6 heteroatoms. The van der Waals surface area contributed by atoms with Gasteiger partial charge in [0.05, 0.1) is 13.2 Å². The molecule has 3 rings (SSSR count). The van der Waals surface area contributed by atoms with E-state index in [0.29, 0.717) is 12.3 Å². The molecule has 1 heterocycles. The van der Waals surface area contributed by atoms with Gasteiger partial charge in [0.1, 0.15) is 5.75 Å². The Morgan fingerprint density at radius 1 is 1.08 bits per heavy atom. The molecule has 0 saturated heterocycles. The van der Waals surface area contributed by atoms with Gasteiger partial charge in [-0.05, 0) is 31.5 Å². The molecule has 0 radical (unpaired) electrons. The van der Waals surface area contributed by atoms with Crippen LogP contribution in [-0.4, -0.2) is 27.6 Å². The maximum atomic E-state index is 12.2. The summed E-state index contributed by atoms with van der Waals surface area (Å²) >= 11 is 0. The van der Waals surface area contributed by atoms with Gasteiger partial charge in [-0.25, -0.2) is 9.48 Å². The molecule has 0 unspecified atom stereocenters. The van der Waals surface area contributed by atoms with Gasteiger partial charge in [-0.1, -0.05) is 53.2 Å². The van der Waals surface area contributed by atoms with Crippen LogP contribution >= 0.6 is 0 Å². The smallest absolute Gasteiger partial charge is 0.364 e. The molecule has 0 amide bonds. The molecule has 0 spiro atoms. The molecule has 3 aromatic rings. The number of aryl methyl sites for hydroxylation is 1. The van der Waals surface area contributed by atoms with E-state index in [1.54, 1.807) is 11.6 Å². The second kappa shape index (κ2) is 7.61. The fraction of sp³-hybridized carbons (Fsp3) is 0.211. The van der Waals surface area contributed by atoms with Crippen LogP contribution in [0.4, 0.5) is 0 Å². The summed E-state index contributed by atoms with van der Waals surface area (Å²) in [5.41, 5.74) is 2.21. The van der Waals surface area contributed by atoms with Gasteiger partial charge in [0.15, 0.2) is 0 Å². The van der Waals surface area contributed by atoms with Crippen molar-refractivity contribution in [2.24, 2.45) is 0 Å². The Bertz CT molecular complexity index is 842. The maximum Gasteiger partial charge on any atom is 0.364 e. The summed E-state index contributed by atoms with van der Waals surface area (Å²) in [5, 5.41) is 8.03. The first kappa shape index (κ1) is 16.7. The highest BCUT2D eigenvalue weighted by atomic mass is 16.5. The topological polar surface area (TPSA) is 66.2 Å². The summed E-state index contributed by atoms with van der Waals surface area (Å²) in [4.78, 5) is 12.2. The summed E-state index contributed by atoms with van der Waals surface area (Å²) < 4.78 is 12.5. The zero-order valence-corrected chi connectivity index (χ0v) is 14.2. The van der Waals surface area contributed by atoms with Gasteiger partial charge in [0, 0.05) is 0 Å². The molecule has 25 heavy (non-hydrogen) atoms. The van der Waals surface area contributed by atoms with E-state index >= 15 is 0 Å². The van der Waals surface area contributed by atoms with Gasteiger partial charge in [0.25, 0.3) is 5.88 Å². The third kappa shape index (κ3) is 4.03. The molecular weight excluding hydrogens is 318 g/mol. The molecule has 1 aromatic heterocycles. The van der Waals surface area contributed by atoms with E-state index < -0.39 is 5.97 Å². The van der Waals surface area contributed by atoms with Gasteiger partial charge in [-0.15, -0.1) is 5.10 Å². The van der Waals surface area contributed by atoms with Crippen molar-refractivity contribution in [2.75, 3.05) is 6.61 Å². The predicted molar refractivity (Wildman–Crippen MR) is 92.8 cm³/mol. The van der Waals surface area contributed by atoms with Gasteiger partial charge in [0.2, 0.25) is 5.69 Å². The Morgan fingerprint density at radius 3 is 2.48 bits per heavy atom. The van der Waals surface area contributed by atoms with E-state index in [-0.39, 0.29) is 18.2 Å². The van der Waals surface area contributed by atoms with Crippen LogP contribution in [0, 0.1) is 6.92 Å². The van der Waals surface area contributed by atoms with E-state index in [4.69, 9.17) is 9.47 Å². The number of benzene rings is 2. The van der Waals surface area contributed by atoms with Crippen LogP contribution in [-0.2, 0) is 11.3 Å². The molecule has 2 aromatic carbocycles. The van der Waals surface area contributed by atoms with Crippen molar-refractivity contribution in [1.82, 2.24) is 15.0 Å². The summed E-state index contributed by atoms with van der Waals surface area (Å²) in [5.74, 6) is 0.322. The van der Waals surface area contributed by atoms with Crippen molar-refractivity contribution >= 4 is 5.97 Å². The summed E-state index contributed by atoms with van der Waals surface area (Å²) in [6.07, 6.45) is 0. The Labute approximate surface area is 146 Å². The van der Waals surface area contributed by atoms with Crippen molar-refractivity contribution in [3.05, 3.63) is 71.4 Å². The van der Waals surface area contributed by atoms with Gasteiger partial charge < -0.3 is 9.47 Å². The molecular formula is C19H19N3O3. The van der Waals surface area contributed by atoms with Crippen LogP contribution in [0.1, 0.15) is 28.5 Å². The zero-order chi connectivity index (χ0) is 17.6. The number of hydrogen-bond acceptors (Lipinski definition) is 5. The number of hydrogen-bond donors (Lipinski definition) is 0. The third-order valence-corrected chi connectivity index (χ3v) is 3.57. The largest absolute Gasteiger partial charge is 0.461 e. The molecule has 0 aliphatic heterocycles. The Balaban J connectivity index is 1.94. The standard InChI is InChI=1S/C19H19N3O3/c1-3-24-19(23)17-18(25-16-11-9-14(2)10-12-16)22(21-20-17)13-15-7-5-4-6-8-15/h4-12H,3,13H2,1-2H3. The van der Waals surface area contributed by atoms with Crippen LogP contribution in [0.3, 0.4) is 0 Å². The first-order chi connectivity index (χ1) is 12.2. The minimum absolute atomic E-state index is 0.0679. The fourth-order valence-electron chi connectivity index (χ4n) is 2.31. The lowest BCUT2D eigenvalue weighted by molar-refractivity contribution is 0.0516. The zero-order valence-electron chi connectivity index (χ0n) is 14.2. The van der Waals surface area contributed by atoms with Crippen LogP contribution in [0.5, 0.6) is 11.6 Å². The van der Waals surface area contributed by atoms with Crippen molar-refractivity contribution < 1.29 is 14.3 Å². The number of aromatic nitrogens is 3. The van der Waals surface area contributed by atoms with Crippen molar-refractivity contribution in [2.45, 2.75) is 20.4 Å². The quantitative estimate of drug-likeness (QED) is 0.643. The highest BCUT2D eigenvalue weighted by Crippen LogP contribution is 2.25. The average molecular weight is 337 g/mol. The maximum absolute atomic E-state index is 12.2. The number of ether oxygens (including phenoxy) is 2. The average Bonchev–Trinajstić information content (AvgIpc) is 3.00. The first-order valence-electron chi connectivity index (χ1n) is 8.06. The van der Waals surface area contributed by atoms with E-state index in [0.717, 1.165) is 11.1 Å². The fourth-order valence-corrected chi connectivity index (χ4v) is 2.31. The number of rotatable bonds is 6. The van der Waals surface area contributed by atoms with E-state index in [1.807, 2.05) is 61.5 Å². The number of nitrogens with zero attached hydrogens (tertiary/aromatic N) is 3. The summed E-state index contributed by atoms with van der Waals surface area (Å²) in [6, 6.07) is 17.3. The molecule has 0 aliphatic rings. The number of carbonyl (C=O) groups excluding carboxylic acids is 1. The summed E-state index contributed by atoms with van der Waals surface area (Å²) in [7, 11) is 0. The second-order valence-electron chi connectivity index (χ2n) is 5.52. The molecule has 0 aliphatic carbocycles. The van der Waals surface area contributed by atoms with Crippen molar-refractivity contribution in [3.8, 4) is 11.6 Å². The second-order valence-corrected chi connectivity index (χ2v) is 5.52. The van der Waals surface area contributed by atoms with E-state index in [2.05, 4.69) is 10.3 Å². The first-order valence-corrected chi connectivity index (χ1v) is 8.06. The number of esters is 1. The SMILES string of the molecule is CCOC(=O)c1nnn(Cc2ccccc2)c1Oc1ccc(C)cc1. The molecule has 0 fully saturated rings. The van der Waals surface area contributed by atoms with Crippen LogP contribution < -0.4 is 4.74 Å². The minimum Gasteiger partial charge on any atom is -0.461 e. The van der Waals surface area contributed by atoms with Crippen molar-refractivity contribution in [1.29, 1.82) is 0 Å². The Hall–Kier alpha value is -3.15. The Kier molecular flexibility index (Phi) is 5.09. The lowest BCUT2D eigenvalue weighted by Crippen LogP contribution is -2.09. The molecule has 128 valence electrons. The van der Waals surface area contributed by atoms with Crippen LogP contribution in [0.25, 0.3) is 0 Å². The lowest BCUT2D eigenvalue weighted by atomic mass is 10.2. The molecule has 0 N–H and O–H groups in total. The van der Waals surface area contributed by atoms with E-state index in [1.165, 1.54) is 0 Å². The highest BCUT2D eigenvalue weighted by molar-refractivity contribution is 5.89. The van der Waals surface area contributed by atoms with Gasteiger partial charge in [-0.2, -0.15) is 0 Å². The molecule has 0 saturated carbocycles. The molecule has 6 nitrogen and oxygen atoms in total. The summed E-state index contributed by atoms with van der Waals surface area (Å²) in [6.45, 7) is 4.44. The minimum atomic E-state index is -0.552. The van der Waals surface area contributed by atoms with Crippen LogP contribution in [0.2, 0.25) is 0 Å². The van der Waals surface area contributed by atoms with Gasteiger partial charge in [-0.3, -0.25) is 0 Å².